The van der Waals surface area contributed by atoms with Gasteiger partial charge in [-0.05, 0) is 55.2 Å². The molecule has 3 aromatic rings. The summed E-state index contributed by atoms with van der Waals surface area (Å²) in [7, 11) is 0. The molecular formula is C30H33ClN2O2S. The van der Waals surface area contributed by atoms with Crippen molar-refractivity contribution in [2.45, 2.75) is 62.6 Å². The van der Waals surface area contributed by atoms with Gasteiger partial charge >= 0.3 is 0 Å². The van der Waals surface area contributed by atoms with Crippen molar-refractivity contribution in [1.82, 2.24) is 10.2 Å². The van der Waals surface area contributed by atoms with Gasteiger partial charge in [0.1, 0.15) is 6.04 Å². The lowest BCUT2D eigenvalue weighted by Gasteiger charge is -2.32. The van der Waals surface area contributed by atoms with Crippen LogP contribution in [0.5, 0.6) is 0 Å². The second kappa shape index (κ2) is 13.0. The number of carbonyl (C=O) groups is 2. The Morgan fingerprint density at radius 3 is 2.28 bits per heavy atom. The van der Waals surface area contributed by atoms with Crippen molar-refractivity contribution in [1.29, 1.82) is 0 Å². The molecule has 0 radical (unpaired) electrons. The number of rotatable bonds is 10. The van der Waals surface area contributed by atoms with Gasteiger partial charge in [0.05, 0.1) is 5.75 Å². The molecule has 0 spiro atoms. The molecule has 1 atom stereocenters. The van der Waals surface area contributed by atoms with Crippen molar-refractivity contribution >= 4 is 35.2 Å². The van der Waals surface area contributed by atoms with Gasteiger partial charge in [-0.2, -0.15) is 0 Å². The number of aryl methyl sites for hydroxylation is 1. The minimum absolute atomic E-state index is 0.0574. The average Bonchev–Trinajstić information content (AvgIpc) is 3.40. The van der Waals surface area contributed by atoms with Crippen LogP contribution in [0.1, 0.15) is 42.4 Å². The highest BCUT2D eigenvalue weighted by Gasteiger charge is 2.32. The molecule has 36 heavy (non-hydrogen) atoms. The second-order valence-corrected chi connectivity index (χ2v) is 10.9. The van der Waals surface area contributed by atoms with E-state index < -0.39 is 6.04 Å². The van der Waals surface area contributed by atoms with Gasteiger partial charge in [0, 0.05) is 28.9 Å². The van der Waals surface area contributed by atoms with Crippen LogP contribution in [0.25, 0.3) is 0 Å². The Kier molecular flexibility index (Phi) is 9.48. The predicted octanol–water partition coefficient (Wildman–Crippen LogP) is 6.44. The van der Waals surface area contributed by atoms with E-state index in [-0.39, 0.29) is 23.6 Å². The van der Waals surface area contributed by atoms with E-state index in [4.69, 9.17) is 11.6 Å². The van der Waals surface area contributed by atoms with Gasteiger partial charge in [-0.1, -0.05) is 84.6 Å². The molecular weight excluding hydrogens is 488 g/mol. The van der Waals surface area contributed by atoms with Gasteiger partial charge in [-0.15, -0.1) is 11.8 Å². The van der Waals surface area contributed by atoms with Crippen molar-refractivity contribution < 1.29 is 9.59 Å². The molecule has 1 aliphatic carbocycles. The van der Waals surface area contributed by atoms with Gasteiger partial charge in [-0.3, -0.25) is 9.59 Å². The van der Waals surface area contributed by atoms with E-state index in [0.717, 1.165) is 47.3 Å². The first-order valence-corrected chi connectivity index (χ1v) is 13.9. The van der Waals surface area contributed by atoms with E-state index in [9.17, 15) is 9.59 Å². The van der Waals surface area contributed by atoms with Crippen molar-refractivity contribution in [3.05, 3.63) is 101 Å². The summed E-state index contributed by atoms with van der Waals surface area (Å²) in [4.78, 5) is 30.1. The number of carbonyl (C=O) groups excluding carboxylic acids is 2. The van der Waals surface area contributed by atoms with Crippen LogP contribution in [0.2, 0.25) is 5.02 Å². The molecule has 3 aromatic carbocycles. The Morgan fingerprint density at radius 2 is 1.61 bits per heavy atom. The lowest BCUT2D eigenvalue weighted by Crippen LogP contribution is -2.52. The maximum absolute atomic E-state index is 13.7. The highest BCUT2D eigenvalue weighted by Crippen LogP contribution is 2.24. The normalized spacial score (nSPS) is 14.4. The van der Waals surface area contributed by atoms with Gasteiger partial charge in [0.15, 0.2) is 0 Å². The first-order chi connectivity index (χ1) is 17.5. The van der Waals surface area contributed by atoms with Crippen molar-refractivity contribution in [2.24, 2.45) is 0 Å². The molecule has 188 valence electrons. The molecule has 4 nitrogen and oxygen atoms in total. The van der Waals surface area contributed by atoms with Crippen LogP contribution in [0, 0.1) is 6.92 Å². The molecule has 2 amide bonds. The Bertz CT molecular complexity index is 1130. The summed E-state index contributed by atoms with van der Waals surface area (Å²) in [5.41, 5.74) is 3.21. The Labute approximate surface area is 223 Å². The zero-order valence-electron chi connectivity index (χ0n) is 20.7. The third-order valence-corrected chi connectivity index (χ3v) is 7.87. The maximum Gasteiger partial charge on any atom is 0.243 e. The van der Waals surface area contributed by atoms with E-state index >= 15 is 0 Å². The highest BCUT2D eigenvalue weighted by atomic mass is 35.5. The fourth-order valence-corrected chi connectivity index (χ4v) is 5.48. The molecule has 0 aromatic heterocycles. The van der Waals surface area contributed by atoms with E-state index in [1.165, 1.54) is 11.8 Å². The van der Waals surface area contributed by atoms with E-state index in [2.05, 4.69) is 5.32 Å². The number of thioether (sulfide) groups is 1. The van der Waals surface area contributed by atoms with Crippen LogP contribution in [0.4, 0.5) is 0 Å². The number of nitrogens with zero attached hydrogens (tertiary/aromatic N) is 1. The lowest BCUT2D eigenvalue weighted by molar-refractivity contribution is -0.139. The van der Waals surface area contributed by atoms with Crippen molar-refractivity contribution in [3.8, 4) is 0 Å². The van der Waals surface area contributed by atoms with Gasteiger partial charge in [0.25, 0.3) is 0 Å². The first kappa shape index (κ1) is 26.3. The molecule has 0 unspecified atom stereocenters. The molecule has 4 rings (SSSR count). The molecule has 0 saturated heterocycles. The third-order valence-electron chi connectivity index (χ3n) is 6.62. The number of hydrogen-bond acceptors (Lipinski definition) is 3. The Hall–Kier alpha value is -2.76. The van der Waals surface area contributed by atoms with Crippen LogP contribution in [-0.2, 0) is 22.6 Å². The van der Waals surface area contributed by atoms with Crippen LogP contribution in [-0.4, -0.2) is 34.6 Å². The van der Waals surface area contributed by atoms with Crippen LogP contribution in [0.3, 0.4) is 0 Å². The van der Waals surface area contributed by atoms with Gasteiger partial charge < -0.3 is 10.2 Å². The van der Waals surface area contributed by atoms with Crippen molar-refractivity contribution in [3.63, 3.8) is 0 Å². The quantitative estimate of drug-likeness (QED) is 0.313. The minimum atomic E-state index is -0.590. The molecule has 0 heterocycles. The second-order valence-electron chi connectivity index (χ2n) is 9.45. The van der Waals surface area contributed by atoms with Gasteiger partial charge in [-0.25, -0.2) is 0 Å². The number of halogens is 1. The van der Waals surface area contributed by atoms with Crippen LogP contribution in [0.15, 0.2) is 83.8 Å². The predicted molar refractivity (Wildman–Crippen MR) is 148 cm³/mol. The monoisotopic (exact) mass is 520 g/mol. The summed E-state index contributed by atoms with van der Waals surface area (Å²) in [6, 6.07) is 25.2. The Balaban J connectivity index is 1.59. The fraction of sp³-hybridized carbons (Fsp3) is 0.333. The molecule has 1 fully saturated rings. The summed E-state index contributed by atoms with van der Waals surface area (Å²) in [5, 5.41) is 3.92. The summed E-state index contributed by atoms with van der Waals surface area (Å²) in [6.07, 6.45) is 4.75. The van der Waals surface area contributed by atoms with Gasteiger partial charge in [0.2, 0.25) is 11.8 Å². The highest BCUT2D eigenvalue weighted by molar-refractivity contribution is 8.00. The maximum atomic E-state index is 13.7. The topological polar surface area (TPSA) is 49.4 Å². The summed E-state index contributed by atoms with van der Waals surface area (Å²) in [6.45, 7) is 2.43. The zero-order chi connectivity index (χ0) is 25.3. The molecule has 0 bridgehead atoms. The van der Waals surface area contributed by atoms with E-state index in [0.29, 0.717) is 18.0 Å². The number of nitrogens with one attached hydrogen (secondary N) is 1. The van der Waals surface area contributed by atoms with Crippen LogP contribution >= 0.6 is 23.4 Å². The van der Waals surface area contributed by atoms with E-state index in [1.54, 1.807) is 4.90 Å². The number of hydrogen-bond donors (Lipinski definition) is 1. The largest absolute Gasteiger partial charge is 0.352 e. The van der Waals surface area contributed by atoms with Crippen LogP contribution < -0.4 is 5.32 Å². The SMILES string of the molecule is Cc1ccc(CN(C(=O)CSc2ccc(Cl)cc2)[C@H](Cc2ccccc2)C(=O)NC2CCCC2)cc1. The molecule has 1 saturated carbocycles. The first-order valence-electron chi connectivity index (χ1n) is 12.6. The summed E-state index contributed by atoms with van der Waals surface area (Å²) < 4.78 is 0. The summed E-state index contributed by atoms with van der Waals surface area (Å²) in [5.74, 6) is 0.121. The molecule has 1 aliphatic rings. The fourth-order valence-electron chi connectivity index (χ4n) is 4.57. The Morgan fingerprint density at radius 1 is 0.944 bits per heavy atom. The molecule has 0 aliphatic heterocycles. The third kappa shape index (κ3) is 7.62. The standard InChI is InChI=1S/C30H33ClN2O2S/c1-22-11-13-24(14-12-22)20-33(29(34)21-36-27-17-15-25(31)16-18-27)28(19-23-7-3-2-4-8-23)30(35)32-26-9-5-6-10-26/h2-4,7-8,11-18,26,28H,5-6,9-10,19-21H2,1H3,(H,32,35)/t28-/m1/s1. The van der Waals surface area contributed by atoms with E-state index in [1.807, 2.05) is 85.8 Å². The molecule has 1 N–H and O–H groups in total. The lowest BCUT2D eigenvalue weighted by atomic mass is 10.0. The molecule has 6 heteroatoms. The van der Waals surface area contributed by atoms with Crippen molar-refractivity contribution in [2.75, 3.05) is 5.75 Å². The summed E-state index contributed by atoms with van der Waals surface area (Å²) >= 11 is 7.49. The zero-order valence-corrected chi connectivity index (χ0v) is 22.2. The smallest absolute Gasteiger partial charge is 0.243 e. The number of benzene rings is 3. The number of amides is 2. The average molecular weight is 521 g/mol. The minimum Gasteiger partial charge on any atom is -0.352 e.